The second-order valence-electron chi connectivity index (χ2n) is 2.31. The highest BCUT2D eigenvalue weighted by atomic mass is 32.2. The molecule has 0 radical (unpaired) electrons. The lowest BCUT2D eigenvalue weighted by Gasteiger charge is -2.09. The molecule has 0 aliphatic rings. The van der Waals surface area contributed by atoms with Crippen LogP contribution < -0.4 is 0 Å². The van der Waals surface area contributed by atoms with E-state index < -0.39 is 10.3 Å². The number of nitrogens with one attached hydrogen (secondary N) is 1. The third kappa shape index (κ3) is 2.29. The molecule has 0 unspecified atom stereocenters. The Morgan fingerprint density at radius 3 is 2.83 bits per heavy atom. The maximum atomic E-state index is 10.5. The number of rotatable bonds is 3. The molecule has 0 amide bonds. The van der Waals surface area contributed by atoms with Crippen LogP contribution in [-0.2, 0) is 16.8 Å². The summed E-state index contributed by atoms with van der Waals surface area (Å²) in [6.07, 6.45) is 2.93. The minimum absolute atomic E-state index is 0.0822. The monoisotopic (exact) mass is 191 g/mol. The Balaban J connectivity index is 2.66. The fraction of sp³-hybridized carbons (Fsp3) is 0.400. The van der Waals surface area contributed by atoms with Gasteiger partial charge in [-0.1, -0.05) is 0 Å². The normalized spacial score (nSPS) is 12.2. The van der Waals surface area contributed by atoms with Gasteiger partial charge in [-0.3, -0.25) is 4.55 Å². The molecule has 0 spiro atoms. The molecule has 0 aliphatic carbocycles. The van der Waals surface area contributed by atoms with E-state index in [1.54, 1.807) is 0 Å². The third-order valence-corrected chi connectivity index (χ3v) is 2.26. The van der Waals surface area contributed by atoms with E-state index in [-0.39, 0.29) is 6.54 Å². The van der Waals surface area contributed by atoms with Crippen LogP contribution in [-0.4, -0.2) is 34.3 Å². The van der Waals surface area contributed by atoms with Crippen molar-refractivity contribution in [3.63, 3.8) is 0 Å². The van der Waals surface area contributed by atoms with Gasteiger partial charge in [0.25, 0.3) is 0 Å². The van der Waals surface area contributed by atoms with E-state index >= 15 is 0 Å². The van der Waals surface area contributed by atoms with Crippen molar-refractivity contribution in [3.8, 4) is 0 Å². The first-order valence-electron chi connectivity index (χ1n) is 3.16. The van der Waals surface area contributed by atoms with Crippen molar-refractivity contribution in [2.24, 2.45) is 0 Å². The van der Waals surface area contributed by atoms with Crippen molar-refractivity contribution in [1.82, 2.24) is 14.3 Å². The van der Waals surface area contributed by atoms with Crippen LogP contribution in [0, 0.1) is 0 Å². The van der Waals surface area contributed by atoms with E-state index in [4.69, 9.17) is 4.55 Å². The molecule has 68 valence electrons. The maximum Gasteiger partial charge on any atom is 0.336 e. The highest BCUT2D eigenvalue weighted by Gasteiger charge is 2.13. The van der Waals surface area contributed by atoms with Gasteiger partial charge in [0.05, 0.1) is 12.9 Å². The van der Waals surface area contributed by atoms with E-state index in [2.05, 4.69) is 9.97 Å². The van der Waals surface area contributed by atoms with E-state index in [0.29, 0.717) is 5.69 Å². The molecule has 0 atom stereocenters. The molecule has 0 saturated heterocycles. The quantitative estimate of drug-likeness (QED) is 0.639. The van der Waals surface area contributed by atoms with Crippen LogP contribution in [0.15, 0.2) is 12.5 Å². The maximum absolute atomic E-state index is 10.5. The number of aromatic amines is 1. The zero-order chi connectivity index (χ0) is 9.19. The van der Waals surface area contributed by atoms with E-state index in [1.165, 1.54) is 19.6 Å². The van der Waals surface area contributed by atoms with Gasteiger partial charge in [-0.25, -0.2) is 4.98 Å². The number of H-pyrrole nitrogens is 1. The van der Waals surface area contributed by atoms with Crippen molar-refractivity contribution in [2.45, 2.75) is 6.54 Å². The third-order valence-electron chi connectivity index (χ3n) is 1.34. The minimum Gasteiger partial charge on any atom is -0.347 e. The predicted octanol–water partition coefficient (Wildman–Crippen LogP) is -0.356. The summed E-state index contributed by atoms with van der Waals surface area (Å²) in [4.78, 5) is 6.41. The first-order chi connectivity index (χ1) is 5.50. The van der Waals surface area contributed by atoms with Gasteiger partial charge in [-0.05, 0) is 0 Å². The fourth-order valence-corrected chi connectivity index (χ4v) is 0.995. The Hall–Kier alpha value is -0.920. The molecular weight excluding hydrogens is 182 g/mol. The molecule has 0 bridgehead atoms. The van der Waals surface area contributed by atoms with Gasteiger partial charge in [-0.15, -0.1) is 0 Å². The highest BCUT2D eigenvalue weighted by Crippen LogP contribution is 2.00. The lowest BCUT2D eigenvalue weighted by atomic mass is 10.5. The van der Waals surface area contributed by atoms with E-state index in [1.807, 2.05) is 0 Å². The summed E-state index contributed by atoms with van der Waals surface area (Å²) in [6.45, 7) is 0.0822. The number of hydrogen-bond donors (Lipinski definition) is 2. The molecule has 0 saturated carbocycles. The molecule has 0 aliphatic heterocycles. The fourth-order valence-electron chi connectivity index (χ4n) is 0.693. The van der Waals surface area contributed by atoms with Gasteiger partial charge >= 0.3 is 10.3 Å². The number of hydrogen-bond acceptors (Lipinski definition) is 3. The molecule has 6 nitrogen and oxygen atoms in total. The first kappa shape index (κ1) is 9.17. The topological polar surface area (TPSA) is 86.3 Å². The second kappa shape index (κ2) is 3.21. The highest BCUT2D eigenvalue weighted by molar-refractivity contribution is 7.83. The Morgan fingerprint density at radius 1 is 1.75 bits per heavy atom. The SMILES string of the molecule is CN(Cc1cnc[nH]1)S(=O)(=O)O. The molecule has 0 fully saturated rings. The zero-order valence-corrected chi connectivity index (χ0v) is 7.24. The van der Waals surface area contributed by atoms with Crippen molar-refractivity contribution in [2.75, 3.05) is 7.05 Å². The van der Waals surface area contributed by atoms with Gasteiger partial charge in [0.15, 0.2) is 0 Å². The van der Waals surface area contributed by atoms with Gasteiger partial charge in [-0.2, -0.15) is 12.7 Å². The number of aromatic nitrogens is 2. The summed E-state index contributed by atoms with van der Waals surface area (Å²) in [7, 11) is -2.82. The summed E-state index contributed by atoms with van der Waals surface area (Å²) in [5, 5.41) is 0. The summed E-state index contributed by atoms with van der Waals surface area (Å²) >= 11 is 0. The van der Waals surface area contributed by atoms with Crippen molar-refractivity contribution in [1.29, 1.82) is 0 Å². The smallest absolute Gasteiger partial charge is 0.336 e. The lowest BCUT2D eigenvalue weighted by Crippen LogP contribution is -2.25. The molecule has 0 aromatic carbocycles. The molecule has 2 N–H and O–H groups in total. The summed E-state index contributed by atoms with van der Waals surface area (Å²) < 4.78 is 30.4. The van der Waals surface area contributed by atoms with Crippen LogP contribution in [0.25, 0.3) is 0 Å². The van der Waals surface area contributed by atoms with Gasteiger partial charge in [0, 0.05) is 18.9 Å². The van der Waals surface area contributed by atoms with Crippen LogP contribution in [0.5, 0.6) is 0 Å². The summed E-state index contributed by atoms with van der Waals surface area (Å²) in [5.74, 6) is 0. The standard InChI is InChI=1S/C5H9N3O3S/c1-8(12(9,10)11)3-5-2-6-4-7-5/h2,4H,3H2,1H3,(H,6,7)(H,9,10,11). The Bertz CT molecular complexity index is 331. The average Bonchev–Trinajstić information content (AvgIpc) is 2.37. The molecule has 1 aromatic rings. The Kier molecular flexibility index (Phi) is 2.46. The Morgan fingerprint density at radius 2 is 2.42 bits per heavy atom. The van der Waals surface area contributed by atoms with Crippen molar-refractivity contribution < 1.29 is 13.0 Å². The molecular formula is C5H9N3O3S. The molecule has 12 heavy (non-hydrogen) atoms. The molecule has 1 aromatic heterocycles. The Labute approximate surface area is 70.1 Å². The zero-order valence-electron chi connectivity index (χ0n) is 6.43. The van der Waals surface area contributed by atoms with Crippen LogP contribution in [0.1, 0.15) is 5.69 Å². The van der Waals surface area contributed by atoms with Crippen molar-refractivity contribution in [3.05, 3.63) is 18.2 Å². The molecule has 7 heteroatoms. The summed E-state index contributed by atoms with van der Waals surface area (Å²) in [5.41, 5.74) is 0.620. The predicted molar refractivity (Wildman–Crippen MR) is 41.6 cm³/mol. The number of nitrogens with zero attached hydrogens (tertiary/aromatic N) is 2. The summed E-state index contributed by atoms with van der Waals surface area (Å²) in [6, 6.07) is 0. The van der Waals surface area contributed by atoms with E-state index in [0.717, 1.165) is 4.31 Å². The van der Waals surface area contributed by atoms with Gasteiger partial charge in [0.1, 0.15) is 0 Å². The first-order valence-corrected chi connectivity index (χ1v) is 4.56. The number of imidazole rings is 1. The van der Waals surface area contributed by atoms with Gasteiger partial charge < -0.3 is 4.98 Å². The van der Waals surface area contributed by atoms with Crippen LogP contribution in [0.3, 0.4) is 0 Å². The molecule has 1 rings (SSSR count). The minimum atomic E-state index is -4.09. The second-order valence-corrected chi connectivity index (χ2v) is 3.83. The van der Waals surface area contributed by atoms with E-state index in [9.17, 15) is 8.42 Å². The van der Waals surface area contributed by atoms with Crippen LogP contribution >= 0.6 is 0 Å². The average molecular weight is 191 g/mol. The molecule has 1 heterocycles. The van der Waals surface area contributed by atoms with Crippen LogP contribution in [0.4, 0.5) is 0 Å². The largest absolute Gasteiger partial charge is 0.347 e. The lowest BCUT2D eigenvalue weighted by molar-refractivity contribution is 0.381. The van der Waals surface area contributed by atoms with Gasteiger partial charge in [0.2, 0.25) is 0 Å². The van der Waals surface area contributed by atoms with Crippen molar-refractivity contribution >= 4 is 10.3 Å². The van der Waals surface area contributed by atoms with Crippen LogP contribution in [0.2, 0.25) is 0 Å².